The van der Waals surface area contributed by atoms with Gasteiger partial charge in [-0.25, -0.2) is 4.79 Å². The van der Waals surface area contributed by atoms with Crippen molar-refractivity contribution in [2.75, 3.05) is 11.9 Å². The zero-order valence-electron chi connectivity index (χ0n) is 15.0. The molecule has 0 radical (unpaired) electrons. The first-order chi connectivity index (χ1) is 11.2. The zero-order valence-corrected chi connectivity index (χ0v) is 15.8. The van der Waals surface area contributed by atoms with Crippen molar-refractivity contribution in [1.29, 1.82) is 0 Å². The van der Waals surface area contributed by atoms with Crippen LogP contribution in [-0.2, 0) is 16.0 Å². The molecule has 2 heterocycles. The molecule has 0 aliphatic carbocycles. The molecule has 2 amide bonds. The highest BCUT2D eigenvalue weighted by molar-refractivity contribution is 7.15. The average molecular weight is 354 g/mol. The molecule has 24 heavy (non-hydrogen) atoms. The summed E-state index contributed by atoms with van der Waals surface area (Å²) in [5.41, 5.74) is -0.578. The zero-order chi connectivity index (χ0) is 17.9. The summed E-state index contributed by atoms with van der Waals surface area (Å²) in [6, 6.07) is -0.516. The first kappa shape index (κ1) is 18.6. The average Bonchev–Trinajstić information content (AvgIpc) is 3.05. The fourth-order valence-corrected chi connectivity index (χ4v) is 3.46. The van der Waals surface area contributed by atoms with E-state index in [1.54, 1.807) is 0 Å². The minimum Gasteiger partial charge on any atom is -0.444 e. The van der Waals surface area contributed by atoms with Gasteiger partial charge in [0.25, 0.3) is 0 Å². The number of likely N-dealkylation sites (tertiary alicyclic amines) is 1. The predicted octanol–water partition coefficient (Wildman–Crippen LogP) is 3.07. The van der Waals surface area contributed by atoms with Crippen molar-refractivity contribution in [2.24, 2.45) is 5.92 Å². The summed E-state index contributed by atoms with van der Waals surface area (Å²) in [7, 11) is 0. The van der Waals surface area contributed by atoms with Crippen molar-refractivity contribution in [3.8, 4) is 0 Å². The highest BCUT2D eigenvalue weighted by Crippen LogP contribution is 2.24. The van der Waals surface area contributed by atoms with Gasteiger partial charge in [-0.1, -0.05) is 25.2 Å². The van der Waals surface area contributed by atoms with Gasteiger partial charge >= 0.3 is 6.09 Å². The molecule has 1 atom stereocenters. The van der Waals surface area contributed by atoms with Gasteiger partial charge < -0.3 is 4.74 Å². The third kappa shape index (κ3) is 5.15. The van der Waals surface area contributed by atoms with Crippen LogP contribution in [0.2, 0.25) is 0 Å². The highest BCUT2D eigenvalue weighted by atomic mass is 32.1. The van der Waals surface area contributed by atoms with Crippen molar-refractivity contribution in [3.63, 3.8) is 0 Å². The number of anilines is 1. The quantitative estimate of drug-likeness (QED) is 0.898. The number of nitrogens with zero attached hydrogens (tertiary/aromatic N) is 3. The molecule has 0 bridgehead atoms. The molecule has 1 aliphatic heterocycles. The van der Waals surface area contributed by atoms with E-state index in [0.717, 1.165) is 17.8 Å². The van der Waals surface area contributed by atoms with Crippen LogP contribution in [0, 0.1) is 5.92 Å². The van der Waals surface area contributed by atoms with Crippen LogP contribution in [0.5, 0.6) is 0 Å². The Kier molecular flexibility index (Phi) is 5.79. The van der Waals surface area contributed by atoms with Gasteiger partial charge in [-0.3, -0.25) is 15.0 Å². The Balaban J connectivity index is 1.98. The molecule has 1 aromatic heterocycles. The van der Waals surface area contributed by atoms with Crippen LogP contribution in [0.4, 0.5) is 9.93 Å². The van der Waals surface area contributed by atoms with Gasteiger partial charge in [-0.2, -0.15) is 0 Å². The van der Waals surface area contributed by atoms with Gasteiger partial charge in [0.2, 0.25) is 11.0 Å². The van der Waals surface area contributed by atoms with Gasteiger partial charge in [-0.15, -0.1) is 10.2 Å². The normalized spacial score (nSPS) is 18.1. The summed E-state index contributed by atoms with van der Waals surface area (Å²) >= 11 is 1.38. The van der Waals surface area contributed by atoms with Gasteiger partial charge in [0.15, 0.2) is 0 Å². The molecule has 0 spiro atoms. The van der Waals surface area contributed by atoms with Gasteiger partial charge in [-0.05, 0) is 39.5 Å². The monoisotopic (exact) mass is 354 g/mol. The molecule has 0 saturated carbocycles. The fourth-order valence-electron chi connectivity index (χ4n) is 2.50. The highest BCUT2D eigenvalue weighted by Gasteiger charge is 2.36. The van der Waals surface area contributed by atoms with Gasteiger partial charge in [0.1, 0.15) is 16.7 Å². The van der Waals surface area contributed by atoms with Crippen LogP contribution in [0.15, 0.2) is 0 Å². The number of hydrogen-bond acceptors (Lipinski definition) is 6. The van der Waals surface area contributed by atoms with Crippen LogP contribution in [0.3, 0.4) is 0 Å². The second-order valence-corrected chi connectivity index (χ2v) is 8.48. The summed E-state index contributed by atoms with van der Waals surface area (Å²) in [4.78, 5) is 26.3. The number of carbonyl (C=O) groups is 2. The minimum absolute atomic E-state index is 0.231. The van der Waals surface area contributed by atoms with E-state index in [-0.39, 0.29) is 5.91 Å². The van der Waals surface area contributed by atoms with E-state index >= 15 is 0 Å². The summed E-state index contributed by atoms with van der Waals surface area (Å²) in [6.07, 6.45) is 1.80. The van der Waals surface area contributed by atoms with Crippen LogP contribution >= 0.6 is 11.3 Å². The maximum atomic E-state index is 12.5. The molecule has 1 aromatic rings. The number of hydrogen-bond donors (Lipinski definition) is 1. The van der Waals surface area contributed by atoms with Crippen molar-refractivity contribution in [1.82, 2.24) is 15.1 Å². The Labute approximate surface area is 146 Å². The third-order valence-electron chi connectivity index (χ3n) is 3.46. The molecule has 1 fully saturated rings. The van der Waals surface area contributed by atoms with E-state index in [0.29, 0.717) is 24.0 Å². The molecule has 134 valence electrons. The van der Waals surface area contributed by atoms with Crippen LogP contribution in [0.1, 0.15) is 52.5 Å². The number of nitrogens with one attached hydrogen (secondary N) is 1. The Morgan fingerprint density at radius 2 is 2.08 bits per heavy atom. The molecule has 7 nitrogen and oxygen atoms in total. The minimum atomic E-state index is -0.578. The molecule has 1 aliphatic rings. The number of aromatic nitrogens is 2. The molecule has 1 saturated heterocycles. The maximum Gasteiger partial charge on any atom is 0.410 e. The SMILES string of the molecule is CC(C)Cc1nnc(NC(=O)C2CCCN2C(=O)OC(C)(C)C)s1. The molecule has 0 aromatic carbocycles. The Hall–Kier alpha value is -1.70. The molecule has 1 N–H and O–H groups in total. The smallest absolute Gasteiger partial charge is 0.410 e. The molecular formula is C16H26N4O3S. The van der Waals surface area contributed by atoms with Gasteiger partial charge in [0.05, 0.1) is 0 Å². The summed E-state index contributed by atoms with van der Waals surface area (Å²) in [6.45, 7) is 10.2. The molecule has 8 heteroatoms. The van der Waals surface area contributed by atoms with E-state index in [2.05, 4.69) is 29.4 Å². The third-order valence-corrected chi connectivity index (χ3v) is 4.32. The lowest BCUT2D eigenvalue weighted by molar-refractivity contribution is -0.120. The second-order valence-electron chi connectivity index (χ2n) is 7.42. The number of ether oxygens (including phenoxy) is 1. The second kappa shape index (κ2) is 7.46. The van der Waals surface area contributed by atoms with Crippen molar-refractivity contribution in [3.05, 3.63) is 5.01 Å². The van der Waals surface area contributed by atoms with Crippen molar-refractivity contribution < 1.29 is 14.3 Å². The van der Waals surface area contributed by atoms with Crippen molar-refractivity contribution >= 4 is 28.5 Å². The summed E-state index contributed by atoms with van der Waals surface area (Å²) in [5.74, 6) is 0.254. The Morgan fingerprint density at radius 1 is 1.38 bits per heavy atom. The Bertz CT molecular complexity index is 594. The number of carbonyl (C=O) groups excluding carboxylic acids is 2. The topological polar surface area (TPSA) is 84.4 Å². The lowest BCUT2D eigenvalue weighted by Crippen LogP contribution is -2.45. The van der Waals surface area contributed by atoms with Crippen LogP contribution < -0.4 is 5.32 Å². The van der Waals surface area contributed by atoms with E-state index in [1.807, 2.05) is 20.8 Å². The largest absolute Gasteiger partial charge is 0.444 e. The standard InChI is InChI=1S/C16H26N4O3S/c1-10(2)9-12-18-19-14(24-12)17-13(21)11-7-6-8-20(11)15(22)23-16(3,4)5/h10-11H,6-9H2,1-5H3,(H,17,19,21). The Morgan fingerprint density at radius 3 is 2.71 bits per heavy atom. The number of rotatable bonds is 4. The molecular weight excluding hydrogens is 328 g/mol. The fraction of sp³-hybridized carbons (Fsp3) is 0.750. The van der Waals surface area contributed by atoms with Crippen LogP contribution in [0.25, 0.3) is 0 Å². The molecule has 1 unspecified atom stereocenters. The van der Waals surface area contributed by atoms with Crippen molar-refractivity contribution in [2.45, 2.75) is 65.5 Å². The first-order valence-electron chi connectivity index (χ1n) is 8.28. The van der Waals surface area contributed by atoms with E-state index in [1.165, 1.54) is 16.2 Å². The number of amides is 2. The molecule has 2 rings (SSSR count). The van der Waals surface area contributed by atoms with E-state index in [9.17, 15) is 9.59 Å². The van der Waals surface area contributed by atoms with Crippen LogP contribution in [-0.4, -0.2) is 45.3 Å². The lowest BCUT2D eigenvalue weighted by Gasteiger charge is -2.27. The first-order valence-corrected chi connectivity index (χ1v) is 9.10. The predicted molar refractivity (Wildman–Crippen MR) is 93.0 cm³/mol. The summed E-state index contributed by atoms with van der Waals surface area (Å²) < 4.78 is 5.38. The maximum absolute atomic E-state index is 12.5. The summed E-state index contributed by atoms with van der Waals surface area (Å²) in [5, 5.41) is 12.3. The van der Waals surface area contributed by atoms with Gasteiger partial charge in [0, 0.05) is 13.0 Å². The lowest BCUT2D eigenvalue weighted by atomic mass is 10.1. The van der Waals surface area contributed by atoms with E-state index in [4.69, 9.17) is 4.74 Å². The van der Waals surface area contributed by atoms with E-state index < -0.39 is 17.7 Å².